The van der Waals surface area contributed by atoms with E-state index in [0.29, 0.717) is 19.3 Å². The number of amides is 3. The van der Waals surface area contributed by atoms with E-state index in [1.165, 1.54) is 0 Å². The van der Waals surface area contributed by atoms with Crippen molar-refractivity contribution in [3.05, 3.63) is 0 Å². The fraction of sp³-hybridized carbons (Fsp3) is 0.750. The van der Waals surface area contributed by atoms with Crippen LogP contribution in [0.2, 0.25) is 0 Å². The fourth-order valence-electron chi connectivity index (χ4n) is 2.83. The average Bonchev–Trinajstić information content (AvgIpc) is 3.06. The van der Waals surface area contributed by atoms with Crippen LogP contribution in [0, 0.1) is 5.92 Å². The van der Waals surface area contributed by atoms with E-state index in [-0.39, 0.29) is 12.5 Å². The summed E-state index contributed by atoms with van der Waals surface area (Å²) in [5, 5.41) is 23.2. The third kappa shape index (κ3) is 6.26. The Balaban J connectivity index is 2.53. The minimum Gasteiger partial charge on any atom is -0.480 e. The Bertz CT molecular complexity index is 539. The molecule has 0 spiro atoms. The normalized spacial score (nSPS) is 19.1. The molecule has 3 atom stereocenters. The van der Waals surface area contributed by atoms with Crippen molar-refractivity contribution >= 4 is 23.7 Å². The average molecular weight is 372 g/mol. The Morgan fingerprint density at radius 2 is 1.92 bits per heavy atom. The number of carbonyl (C=O) groups excluding carboxylic acids is 3. The molecule has 1 aliphatic heterocycles. The van der Waals surface area contributed by atoms with Crippen LogP contribution < -0.4 is 16.4 Å². The zero-order valence-corrected chi connectivity index (χ0v) is 15.1. The second-order valence-electron chi connectivity index (χ2n) is 6.78. The Hall–Kier alpha value is -2.20. The van der Waals surface area contributed by atoms with Crippen molar-refractivity contribution in [1.82, 2.24) is 15.5 Å². The first kappa shape index (κ1) is 21.8. The van der Waals surface area contributed by atoms with Crippen LogP contribution in [0.3, 0.4) is 0 Å². The molecule has 10 heteroatoms. The summed E-state index contributed by atoms with van der Waals surface area (Å²) in [5.74, 6) is -2.71. The SMILES string of the molecule is CC(C)CC(N)C(=O)NCC(=O)NC(CO)C(=O)N1CCCC1C(=O)O. The Morgan fingerprint density at radius 1 is 1.27 bits per heavy atom. The van der Waals surface area contributed by atoms with Gasteiger partial charge in [-0.1, -0.05) is 13.8 Å². The van der Waals surface area contributed by atoms with Gasteiger partial charge in [-0.05, 0) is 25.2 Å². The van der Waals surface area contributed by atoms with Gasteiger partial charge in [0.1, 0.15) is 12.1 Å². The first-order valence-corrected chi connectivity index (χ1v) is 8.64. The van der Waals surface area contributed by atoms with Crippen LogP contribution in [0.5, 0.6) is 0 Å². The molecule has 3 amide bonds. The minimum atomic E-state index is -1.26. The monoisotopic (exact) mass is 372 g/mol. The molecular weight excluding hydrogens is 344 g/mol. The largest absolute Gasteiger partial charge is 0.480 e. The lowest BCUT2D eigenvalue weighted by molar-refractivity contribution is -0.149. The zero-order chi connectivity index (χ0) is 19.9. The van der Waals surface area contributed by atoms with Crippen LogP contribution in [-0.4, -0.2) is 76.6 Å². The summed E-state index contributed by atoms with van der Waals surface area (Å²) >= 11 is 0. The lowest BCUT2D eigenvalue weighted by Crippen LogP contribution is -2.55. The number of aliphatic hydroxyl groups is 1. The molecule has 26 heavy (non-hydrogen) atoms. The molecule has 0 saturated carbocycles. The molecule has 3 unspecified atom stereocenters. The Morgan fingerprint density at radius 3 is 2.46 bits per heavy atom. The highest BCUT2D eigenvalue weighted by molar-refractivity contribution is 5.92. The van der Waals surface area contributed by atoms with Crippen LogP contribution in [0.25, 0.3) is 0 Å². The van der Waals surface area contributed by atoms with E-state index < -0.39 is 55.0 Å². The van der Waals surface area contributed by atoms with E-state index >= 15 is 0 Å². The van der Waals surface area contributed by atoms with Crippen molar-refractivity contribution in [3.8, 4) is 0 Å². The van der Waals surface area contributed by atoms with E-state index in [2.05, 4.69) is 10.6 Å². The highest BCUT2D eigenvalue weighted by Gasteiger charge is 2.37. The molecule has 1 saturated heterocycles. The van der Waals surface area contributed by atoms with Gasteiger partial charge in [-0.2, -0.15) is 0 Å². The van der Waals surface area contributed by atoms with Crippen molar-refractivity contribution in [1.29, 1.82) is 0 Å². The van der Waals surface area contributed by atoms with Gasteiger partial charge < -0.3 is 31.5 Å². The van der Waals surface area contributed by atoms with Crippen molar-refractivity contribution in [2.75, 3.05) is 19.7 Å². The summed E-state index contributed by atoms with van der Waals surface area (Å²) in [6.45, 7) is 3.02. The molecule has 0 aromatic heterocycles. The highest BCUT2D eigenvalue weighted by atomic mass is 16.4. The van der Waals surface area contributed by atoms with Crippen LogP contribution in [0.1, 0.15) is 33.1 Å². The highest BCUT2D eigenvalue weighted by Crippen LogP contribution is 2.18. The molecule has 0 radical (unpaired) electrons. The van der Waals surface area contributed by atoms with E-state index in [1.807, 2.05) is 13.8 Å². The summed E-state index contributed by atoms with van der Waals surface area (Å²) in [6.07, 6.45) is 1.34. The molecule has 1 fully saturated rings. The van der Waals surface area contributed by atoms with E-state index in [0.717, 1.165) is 4.90 Å². The molecule has 0 aromatic rings. The van der Waals surface area contributed by atoms with E-state index in [4.69, 9.17) is 10.8 Å². The van der Waals surface area contributed by atoms with Gasteiger partial charge in [0.15, 0.2) is 0 Å². The predicted molar refractivity (Wildman–Crippen MR) is 91.8 cm³/mol. The van der Waals surface area contributed by atoms with Gasteiger partial charge >= 0.3 is 5.97 Å². The van der Waals surface area contributed by atoms with Gasteiger partial charge in [-0.25, -0.2) is 4.79 Å². The number of nitrogens with one attached hydrogen (secondary N) is 2. The van der Waals surface area contributed by atoms with Crippen LogP contribution >= 0.6 is 0 Å². The van der Waals surface area contributed by atoms with Crippen LogP contribution in [0.4, 0.5) is 0 Å². The molecule has 1 aliphatic rings. The van der Waals surface area contributed by atoms with Crippen molar-refractivity contribution in [2.45, 2.75) is 51.2 Å². The number of aliphatic carboxylic acids is 1. The molecule has 0 bridgehead atoms. The van der Waals surface area contributed by atoms with Gasteiger partial charge in [0, 0.05) is 6.54 Å². The third-order valence-corrected chi connectivity index (χ3v) is 4.12. The number of nitrogens with two attached hydrogens (primary N) is 1. The molecule has 0 aromatic carbocycles. The lowest BCUT2D eigenvalue weighted by Gasteiger charge is -2.26. The van der Waals surface area contributed by atoms with E-state index in [9.17, 15) is 24.3 Å². The van der Waals surface area contributed by atoms with Crippen LogP contribution in [0.15, 0.2) is 0 Å². The third-order valence-electron chi connectivity index (χ3n) is 4.12. The van der Waals surface area contributed by atoms with Gasteiger partial charge in [-0.15, -0.1) is 0 Å². The molecule has 10 nitrogen and oxygen atoms in total. The van der Waals surface area contributed by atoms with Crippen molar-refractivity contribution < 1.29 is 29.4 Å². The van der Waals surface area contributed by atoms with E-state index in [1.54, 1.807) is 0 Å². The molecular formula is C16H28N4O6. The molecule has 0 aliphatic carbocycles. The number of likely N-dealkylation sites (tertiary alicyclic amines) is 1. The number of carbonyl (C=O) groups is 4. The summed E-state index contributed by atoms with van der Waals surface area (Å²) in [5.41, 5.74) is 5.71. The second kappa shape index (κ2) is 10.1. The summed E-state index contributed by atoms with van der Waals surface area (Å²) in [4.78, 5) is 48.4. The quantitative estimate of drug-likeness (QED) is 0.313. The first-order valence-electron chi connectivity index (χ1n) is 8.64. The van der Waals surface area contributed by atoms with Crippen LogP contribution in [-0.2, 0) is 19.2 Å². The first-order chi connectivity index (χ1) is 12.2. The maximum Gasteiger partial charge on any atom is 0.326 e. The molecule has 1 heterocycles. The topological polar surface area (TPSA) is 162 Å². The molecule has 148 valence electrons. The minimum absolute atomic E-state index is 0.226. The smallest absolute Gasteiger partial charge is 0.326 e. The lowest BCUT2D eigenvalue weighted by atomic mass is 10.0. The number of hydrogen-bond donors (Lipinski definition) is 5. The van der Waals surface area contributed by atoms with Crippen molar-refractivity contribution in [2.24, 2.45) is 11.7 Å². The van der Waals surface area contributed by atoms with Gasteiger partial charge in [0.05, 0.1) is 19.2 Å². The standard InChI is InChI=1S/C16H28N4O6/c1-9(2)6-10(17)14(23)18-7-13(22)19-11(8-21)15(24)20-5-3-4-12(20)16(25)26/h9-12,21H,3-8,17H2,1-2H3,(H,18,23)(H,19,22)(H,25,26). The number of aliphatic hydroxyl groups excluding tert-OH is 1. The maximum absolute atomic E-state index is 12.4. The Kier molecular flexibility index (Phi) is 8.46. The van der Waals surface area contributed by atoms with Gasteiger partial charge in [0.25, 0.3) is 0 Å². The summed E-state index contributed by atoms with van der Waals surface area (Å²) in [7, 11) is 0. The number of carboxylic acid groups (broad SMARTS) is 1. The summed E-state index contributed by atoms with van der Waals surface area (Å²) < 4.78 is 0. The number of rotatable bonds is 9. The number of nitrogens with zero attached hydrogens (tertiary/aromatic N) is 1. The number of hydrogen-bond acceptors (Lipinski definition) is 6. The fourth-order valence-corrected chi connectivity index (χ4v) is 2.83. The van der Waals surface area contributed by atoms with Gasteiger partial charge in [-0.3, -0.25) is 14.4 Å². The summed E-state index contributed by atoms with van der Waals surface area (Å²) in [6, 6.07) is -2.95. The maximum atomic E-state index is 12.4. The zero-order valence-electron chi connectivity index (χ0n) is 15.1. The van der Waals surface area contributed by atoms with Gasteiger partial charge in [0.2, 0.25) is 17.7 Å². The van der Waals surface area contributed by atoms with Crippen molar-refractivity contribution in [3.63, 3.8) is 0 Å². The predicted octanol–water partition coefficient (Wildman–Crippen LogP) is -1.97. The molecule has 1 rings (SSSR count). The molecule has 6 N–H and O–H groups in total. The Labute approximate surface area is 152 Å². The number of carboxylic acids is 1. The second-order valence-corrected chi connectivity index (χ2v) is 6.78.